The van der Waals surface area contributed by atoms with E-state index < -0.39 is 5.97 Å². The van der Waals surface area contributed by atoms with Crippen LogP contribution in [0.4, 0.5) is 5.13 Å². The quantitative estimate of drug-likeness (QED) is 0.768. The smallest absolute Gasteiger partial charge is 0.357 e. The van der Waals surface area contributed by atoms with E-state index in [1.165, 1.54) is 18.4 Å². The first-order valence-electron chi connectivity index (χ1n) is 2.96. The van der Waals surface area contributed by atoms with Crippen LogP contribution in [0.1, 0.15) is 15.4 Å². The highest BCUT2D eigenvalue weighted by atomic mass is 79.9. The molecular weight excluding hydrogens is 244 g/mol. The molecule has 0 spiro atoms. The van der Waals surface area contributed by atoms with Gasteiger partial charge in [0.05, 0.1) is 7.11 Å². The first-order valence-corrected chi connectivity index (χ1v) is 3.78. The van der Waals surface area contributed by atoms with Gasteiger partial charge in [-0.15, -0.1) is 28.3 Å². The molecule has 1 rings (SSSR count). The summed E-state index contributed by atoms with van der Waals surface area (Å²) < 4.78 is 4.48. The number of thiazole rings is 1. The maximum absolute atomic E-state index is 10.9. The first kappa shape index (κ1) is 11.4. The lowest BCUT2D eigenvalue weighted by atomic mass is 10.4. The number of hydrogen-bond acceptors (Lipinski definition) is 5. The van der Waals surface area contributed by atoms with Gasteiger partial charge in [0.1, 0.15) is 0 Å². The second-order valence-electron chi connectivity index (χ2n) is 1.95. The molecule has 0 aromatic carbocycles. The van der Waals surface area contributed by atoms with Gasteiger partial charge < -0.3 is 10.5 Å². The van der Waals surface area contributed by atoms with Crippen LogP contribution in [0.15, 0.2) is 0 Å². The second-order valence-corrected chi connectivity index (χ2v) is 3.18. The molecule has 12 heavy (non-hydrogen) atoms. The van der Waals surface area contributed by atoms with Crippen LogP contribution in [0.3, 0.4) is 0 Å². The highest BCUT2D eigenvalue weighted by Gasteiger charge is 2.13. The molecular formula is C6H9BrN2O2S. The van der Waals surface area contributed by atoms with E-state index >= 15 is 0 Å². The van der Waals surface area contributed by atoms with E-state index in [0.717, 1.165) is 4.88 Å². The van der Waals surface area contributed by atoms with E-state index in [1.54, 1.807) is 6.92 Å². The van der Waals surface area contributed by atoms with E-state index in [4.69, 9.17) is 5.73 Å². The summed E-state index contributed by atoms with van der Waals surface area (Å²) in [5.41, 5.74) is 5.69. The largest absolute Gasteiger partial charge is 0.464 e. The first-order chi connectivity index (χ1) is 5.15. The minimum atomic E-state index is -0.435. The van der Waals surface area contributed by atoms with Crippen molar-refractivity contribution in [2.24, 2.45) is 0 Å². The van der Waals surface area contributed by atoms with Crippen molar-refractivity contribution >= 4 is 39.4 Å². The number of carbonyl (C=O) groups excluding carboxylic acids is 1. The summed E-state index contributed by atoms with van der Waals surface area (Å²) >= 11 is 1.28. The average Bonchev–Trinajstić information content (AvgIpc) is 2.28. The van der Waals surface area contributed by atoms with Gasteiger partial charge >= 0.3 is 5.97 Å². The molecule has 0 aliphatic rings. The number of nitrogens with two attached hydrogens (primary N) is 1. The number of anilines is 1. The maximum atomic E-state index is 10.9. The highest BCUT2D eigenvalue weighted by Crippen LogP contribution is 2.19. The van der Waals surface area contributed by atoms with Gasteiger partial charge in [0.25, 0.3) is 0 Å². The molecule has 0 unspecified atom stereocenters. The Labute approximate surface area is 84.5 Å². The lowest BCUT2D eigenvalue weighted by Gasteiger charge is -1.92. The maximum Gasteiger partial charge on any atom is 0.357 e. The molecule has 0 aliphatic carbocycles. The van der Waals surface area contributed by atoms with E-state index in [2.05, 4.69) is 9.72 Å². The van der Waals surface area contributed by atoms with Crippen molar-refractivity contribution in [3.05, 3.63) is 10.6 Å². The van der Waals surface area contributed by atoms with E-state index in [0.29, 0.717) is 10.8 Å². The third-order valence-corrected chi connectivity index (χ3v) is 1.99. The fourth-order valence-electron chi connectivity index (χ4n) is 0.703. The molecule has 0 bridgehead atoms. The topological polar surface area (TPSA) is 65.2 Å². The Hall–Kier alpha value is -0.620. The molecule has 0 radical (unpaired) electrons. The van der Waals surface area contributed by atoms with Gasteiger partial charge in [0.2, 0.25) is 0 Å². The lowest BCUT2D eigenvalue weighted by Crippen LogP contribution is -2.03. The summed E-state index contributed by atoms with van der Waals surface area (Å²) in [6.45, 7) is 1.78. The van der Waals surface area contributed by atoms with Gasteiger partial charge in [-0.2, -0.15) is 0 Å². The number of rotatable bonds is 1. The van der Waals surface area contributed by atoms with Crippen LogP contribution >= 0.6 is 28.3 Å². The molecule has 68 valence electrons. The van der Waals surface area contributed by atoms with Crippen molar-refractivity contribution in [1.29, 1.82) is 0 Å². The van der Waals surface area contributed by atoms with Crippen molar-refractivity contribution in [3.63, 3.8) is 0 Å². The van der Waals surface area contributed by atoms with Crippen LogP contribution in [0.2, 0.25) is 0 Å². The Morgan fingerprint density at radius 2 is 2.25 bits per heavy atom. The second kappa shape index (κ2) is 4.42. The van der Waals surface area contributed by atoms with Crippen LogP contribution in [0.5, 0.6) is 0 Å². The number of nitrogen functional groups attached to an aromatic ring is 1. The molecule has 6 heteroatoms. The Morgan fingerprint density at radius 3 is 2.58 bits per heavy atom. The van der Waals surface area contributed by atoms with E-state index in [-0.39, 0.29) is 17.0 Å². The number of halogens is 1. The van der Waals surface area contributed by atoms with E-state index in [9.17, 15) is 4.79 Å². The molecule has 0 aliphatic heterocycles. The third-order valence-electron chi connectivity index (χ3n) is 1.19. The summed E-state index contributed by atoms with van der Waals surface area (Å²) in [5, 5.41) is 0.392. The SMILES string of the molecule is Br.COC(=O)c1nc(N)sc1C. The van der Waals surface area contributed by atoms with E-state index in [1.807, 2.05) is 0 Å². The van der Waals surface area contributed by atoms with Crippen molar-refractivity contribution in [2.45, 2.75) is 6.92 Å². The Balaban J connectivity index is 0.00000121. The van der Waals surface area contributed by atoms with Crippen LogP contribution < -0.4 is 5.73 Å². The van der Waals surface area contributed by atoms with Gasteiger partial charge in [0.15, 0.2) is 10.8 Å². The predicted molar refractivity (Wildman–Crippen MR) is 52.9 cm³/mol. The molecule has 2 N–H and O–H groups in total. The molecule has 0 saturated carbocycles. The summed E-state index contributed by atoms with van der Waals surface area (Å²) in [4.78, 5) is 15.5. The molecule has 4 nitrogen and oxygen atoms in total. The Morgan fingerprint density at radius 1 is 1.67 bits per heavy atom. The molecule has 1 aromatic heterocycles. The number of aromatic nitrogens is 1. The number of hydrogen-bond donors (Lipinski definition) is 1. The van der Waals surface area contributed by atoms with Gasteiger partial charge in [-0.25, -0.2) is 9.78 Å². The predicted octanol–water partition coefficient (Wildman–Crippen LogP) is 1.40. The summed E-state index contributed by atoms with van der Waals surface area (Å²) in [6.07, 6.45) is 0. The van der Waals surface area contributed by atoms with Gasteiger partial charge in [-0.3, -0.25) is 0 Å². The monoisotopic (exact) mass is 252 g/mol. The average molecular weight is 253 g/mol. The molecule has 0 atom stereocenters. The Bertz CT molecular complexity index is 287. The number of esters is 1. The van der Waals surface area contributed by atoms with Gasteiger partial charge in [-0.05, 0) is 6.92 Å². The van der Waals surface area contributed by atoms with Crippen LogP contribution in [0, 0.1) is 6.92 Å². The number of carbonyl (C=O) groups is 1. The zero-order chi connectivity index (χ0) is 8.43. The minimum absolute atomic E-state index is 0. The molecule has 0 fully saturated rings. The fraction of sp³-hybridized carbons (Fsp3) is 0.333. The van der Waals surface area contributed by atoms with Crippen LogP contribution in [-0.2, 0) is 4.74 Å². The number of aryl methyl sites for hydroxylation is 1. The van der Waals surface area contributed by atoms with Crippen LogP contribution in [-0.4, -0.2) is 18.1 Å². The Kier molecular flexibility index (Phi) is 4.19. The zero-order valence-electron chi connectivity index (χ0n) is 6.66. The highest BCUT2D eigenvalue weighted by molar-refractivity contribution is 8.93. The number of nitrogens with zero attached hydrogens (tertiary/aromatic N) is 1. The molecule has 0 amide bonds. The van der Waals surface area contributed by atoms with Gasteiger partial charge in [-0.1, -0.05) is 0 Å². The van der Waals surface area contributed by atoms with Gasteiger partial charge in [0, 0.05) is 4.88 Å². The lowest BCUT2D eigenvalue weighted by molar-refractivity contribution is 0.0594. The number of methoxy groups -OCH3 is 1. The normalized spacial score (nSPS) is 8.83. The molecule has 1 heterocycles. The zero-order valence-corrected chi connectivity index (χ0v) is 9.19. The van der Waals surface area contributed by atoms with Crippen LogP contribution in [0.25, 0.3) is 0 Å². The fourth-order valence-corrected chi connectivity index (χ4v) is 1.38. The van der Waals surface area contributed by atoms with Crippen molar-refractivity contribution in [1.82, 2.24) is 4.98 Å². The summed E-state index contributed by atoms with van der Waals surface area (Å²) in [6, 6.07) is 0. The van der Waals surface area contributed by atoms with Crippen molar-refractivity contribution in [3.8, 4) is 0 Å². The standard InChI is InChI=1S/C6H8N2O2S.BrH/c1-3-4(5(9)10-2)8-6(7)11-3;/h1-2H3,(H2,7,8);1H. The van der Waals surface area contributed by atoms with Crippen molar-refractivity contribution < 1.29 is 9.53 Å². The molecule has 0 saturated heterocycles. The van der Waals surface area contributed by atoms with Crippen molar-refractivity contribution in [2.75, 3.05) is 12.8 Å². The summed E-state index contributed by atoms with van der Waals surface area (Å²) in [7, 11) is 1.32. The third kappa shape index (κ3) is 2.18. The minimum Gasteiger partial charge on any atom is -0.464 e. The summed E-state index contributed by atoms with van der Waals surface area (Å²) in [5.74, 6) is -0.435. The number of ether oxygens (including phenoxy) is 1. The molecule has 1 aromatic rings.